The van der Waals surface area contributed by atoms with Crippen LogP contribution in [0.1, 0.15) is 22.3 Å². The van der Waals surface area contributed by atoms with Crippen molar-refractivity contribution in [1.29, 1.82) is 0 Å². The molecule has 0 unspecified atom stereocenters. The second-order valence-electron chi connectivity index (χ2n) is 18.0. The molecule has 12 rings (SSSR count). The van der Waals surface area contributed by atoms with E-state index in [2.05, 4.69) is 254 Å². The maximum Gasteiger partial charge on any atom is 0.0541 e. The Labute approximate surface area is 409 Å². The van der Waals surface area contributed by atoms with Gasteiger partial charge in [0.1, 0.15) is 0 Å². The number of nitrogens with zero attached hydrogens (tertiary/aromatic N) is 2. The summed E-state index contributed by atoms with van der Waals surface area (Å²) in [5.74, 6) is 0. The fourth-order valence-electron chi connectivity index (χ4n) is 10.3. The summed E-state index contributed by atoms with van der Waals surface area (Å²) in [5.41, 5.74) is 23.0. The van der Waals surface area contributed by atoms with E-state index in [-0.39, 0.29) is 0 Å². The third-order valence-electron chi connectivity index (χ3n) is 13.9. The largest absolute Gasteiger partial charge is 0.309 e. The zero-order valence-corrected chi connectivity index (χ0v) is 38.8. The van der Waals surface area contributed by atoms with Crippen LogP contribution in [0.4, 0.5) is 0 Å². The highest BCUT2D eigenvalue weighted by molar-refractivity contribution is 6.13. The second kappa shape index (κ2) is 17.4. The molecule has 0 atom stereocenters. The molecule has 0 fully saturated rings. The Morgan fingerprint density at radius 1 is 0.229 bits per heavy atom. The van der Waals surface area contributed by atoms with Crippen LogP contribution in [0.3, 0.4) is 0 Å². The van der Waals surface area contributed by atoms with Crippen molar-refractivity contribution in [2.24, 2.45) is 0 Å². The summed E-state index contributed by atoms with van der Waals surface area (Å²) in [6, 6.07) is 79.7. The third kappa shape index (κ3) is 7.40. The molecule has 0 amide bonds. The average molecular weight is 893 g/mol. The van der Waals surface area contributed by atoms with Crippen molar-refractivity contribution in [1.82, 2.24) is 9.13 Å². The first-order chi connectivity index (χ1) is 34.5. The van der Waals surface area contributed by atoms with Gasteiger partial charge in [-0.2, -0.15) is 0 Å². The van der Waals surface area contributed by atoms with Crippen LogP contribution in [-0.4, -0.2) is 9.13 Å². The van der Waals surface area contributed by atoms with Gasteiger partial charge in [0.25, 0.3) is 0 Å². The maximum absolute atomic E-state index is 4.02. The molecule has 0 radical (unpaired) electrons. The molecule has 0 saturated heterocycles. The van der Waals surface area contributed by atoms with Gasteiger partial charge >= 0.3 is 0 Å². The van der Waals surface area contributed by atoms with E-state index in [1.807, 2.05) is 24.3 Å². The molecule has 0 saturated carbocycles. The number of hydrogen-bond acceptors (Lipinski definition) is 0. The molecule has 0 spiro atoms. The summed E-state index contributed by atoms with van der Waals surface area (Å²) in [4.78, 5) is 0. The van der Waals surface area contributed by atoms with Gasteiger partial charge in [0, 0.05) is 32.9 Å². The van der Waals surface area contributed by atoms with Gasteiger partial charge in [0.05, 0.1) is 22.1 Å². The number of hydrogen-bond donors (Lipinski definition) is 0. The molecule has 12 aromatic rings. The molecular formula is C68H48N2. The van der Waals surface area contributed by atoms with Crippen molar-refractivity contribution in [3.8, 4) is 67.0 Å². The summed E-state index contributed by atoms with van der Waals surface area (Å²) in [7, 11) is 0. The predicted molar refractivity (Wildman–Crippen MR) is 303 cm³/mol. The van der Waals surface area contributed by atoms with Crippen molar-refractivity contribution in [3.63, 3.8) is 0 Å². The fraction of sp³-hybridized carbons (Fsp3) is 0. The van der Waals surface area contributed by atoms with Crippen molar-refractivity contribution >= 4 is 67.9 Å². The smallest absolute Gasteiger partial charge is 0.0541 e. The molecule has 2 aromatic heterocycles. The molecule has 10 aromatic carbocycles. The number of aromatic nitrogens is 2. The Morgan fingerprint density at radius 3 is 0.700 bits per heavy atom. The third-order valence-corrected chi connectivity index (χ3v) is 13.9. The molecule has 0 aliphatic rings. The van der Waals surface area contributed by atoms with Gasteiger partial charge in [0.2, 0.25) is 0 Å². The molecule has 0 aliphatic heterocycles. The number of rotatable bonds is 11. The van der Waals surface area contributed by atoms with E-state index in [1.54, 1.807) is 0 Å². The lowest BCUT2D eigenvalue weighted by Crippen LogP contribution is -1.95. The zero-order valence-electron chi connectivity index (χ0n) is 38.8. The van der Waals surface area contributed by atoms with E-state index in [0.29, 0.717) is 0 Å². The Hall–Kier alpha value is -9.24. The molecule has 2 heterocycles. The van der Waals surface area contributed by atoms with Crippen LogP contribution >= 0.6 is 0 Å². The van der Waals surface area contributed by atoms with Crippen molar-refractivity contribution in [3.05, 3.63) is 267 Å². The monoisotopic (exact) mass is 892 g/mol. The maximum atomic E-state index is 4.02. The van der Waals surface area contributed by atoms with Crippen LogP contribution in [0, 0.1) is 0 Å². The van der Waals surface area contributed by atoms with Crippen molar-refractivity contribution in [2.75, 3.05) is 0 Å². The zero-order chi connectivity index (χ0) is 47.3. The van der Waals surface area contributed by atoms with Gasteiger partial charge in [-0.05, 0) is 175 Å². The quantitative estimate of drug-likeness (QED) is 0.122. The summed E-state index contributed by atoms with van der Waals surface area (Å²) in [6.45, 7) is 16.1. The molecule has 0 aliphatic carbocycles. The SMILES string of the molecule is C=Cc1cccc(-c2ccc3c(c2)c2cc(-c4cccc(C=C)c4)ccc2n3-c2ccc(-c3ccc(-n4c5ccc(-c6cccc(C=C)c6)cc5c5cc(-c6cccc(C=C)c6)ccc54)cc3)cc2)c1. The minimum atomic E-state index is 1.10. The second-order valence-corrected chi connectivity index (χ2v) is 18.0. The lowest BCUT2D eigenvalue weighted by Gasteiger charge is -2.12. The van der Waals surface area contributed by atoms with E-state index < -0.39 is 0 Å². The molecule has 2 heteroatoms. The van der Waals surface area contributed by atoms with Crippen LogP contribution < -0.4 is 0 Å². The van der Waals surface area contributed by atoms with Gasteiger partial charge in [-0.15, -0.1) is 0 Å². The van der Waals surface area contributed by atoms with E-state index in [0.717, 1.165) is 66.8 Å². The highest BCUT2D eigenvalue weighted by atomic mass is 15.0. The molecule has 0 N–H and O–H groups in total. The summed E-state index contributed by atoms with van der Waals surface area (Å²) >= 11 is 0. The number of benzene rings is 10. The van der Waals surface area contributed by atoms with Gasteiger partial charge in [0.15, 0.2) is 0 Å². The standard InChI is InChI=1S/C68H48N2/c1-5-45-13-9-17-51(37-45)55-25-33-65-61(41-55)62-42-56(52-18-10-14-46(6-2)38-52)26-34-66(62)69(65)59-29-21-49(22-30-59)50-23-31-60(32-24-50)70-67-35-27-57(53-19-11-15-47(7-3)39-53)43-63(67)64-44-58(28-36-68(64)70)54-20-12-16-48(8-4)40-54/h5-44H,1-4H2. The van der Waals surface area contributed by atoms with E-state index >= 15 is 0 Å². The highest BCUT2D eigenvalue weighted by Crippen LogP contribution is 2.40. The first kappa shape index (κ1) is 42.1. The highest BCUT2D eigenvalue weighted by Gasteiger charge is 2.18. The van der Waals surface area contributed by atoms with Gasteiger partial charge in [-0.25, -0.2) is 0 Å². The first-order valence-corrected chi connectivity index (χ1v) is 23.8. The lowest BCUT2D eigenvalue weighted by atomic mass is 9.98. The summed E-state index contributed by atoms with van der Waals surface area (Å²) in [5, 5.41) is 4.83. The Balaban J connectivity index is 0.931. The van der Waals surface area contributed by atoms with Crippen molar-refractivity contribution in [2.45, 2.75) is 0 Å². The van der Waals surface area contributed by atoms with Crippen LogP contribution in [0.15, 0.2) is 245 Å². The van der Waals surface area contributed by atoms with E-state index in [1.165, 1.54) is 66.1 Å². The van der Waals surface area contributed by atoms with Gasteiger partial charge < -0.3 is 9.13 Å². The molecule has 330 valence electrons. The van der Waals surface area contributed by atoms with E-state index in [4.69, 9.17) is 0 Å². The van der Waals surface area contributed by atoms with E-state index in [9.17, 15) is 0 Å². The molecular weight excluding hydrogens is 845 g/mol. The fourth-order valence-corrected chi connectivity index (χ4v) is 10.3. The van der Waals surface area contributed by atoms with Crippen molar-refractivity contribution < 1.29 is 0 Å². The first-order valence-electron chi connectivity index (χ1n) is 23.8. The molecule has 0 bridgehead atoms. The Kier molecular flexibility index (Phi) is 10.5. The minimum Gasteiger partial charge on any atom is -0.309 e. The topological polar surface area (TPSA) is 9.86 Å². The van der Waals surface area contributed by atoms with Gasteiger partial charge in [-0.3, -0.25) is 0 Å². The Bertz CT molecular complexity index is 3580. The van der Waals surface area contributed by atoms with Gasteiger partial charge in [-0.1, -0.05) is 172 Å². The van der Waals surface area contributed by atoms with Crippen LogP contribution in [0.2, 0.25) is 0 Å². The van der Waals surface area contributed by atoms with Crippen LogP contribution in [0.5, 0.6) is 0 Å². The minimum absolute atomic E-state index is 1.10. The predicted octanol–water partition coefficient (Wildman–Crippen LogP) is 18.8. The molecule has 2 nitrogen and oxygen atoms in total. The number of fused-ring (bicyclic) bond motifs is 6. The summed E-state index contributed by atoms with van der Waals surface area (Å²) in [6.07, 6.45) is 7.62. The Morgan fingerprint density at radius 2 is 0.457 bits per heavy atom. The van der Waals surface area contributed by atoms with Crippen LogP contribution in [0.25, 0.3) is 135 Å². The normalized spacial score (nSPS) is 11.4. The van der Waals surface area contributed by atoms with Crippen LogP contribution in [-0.2, 0) is 0 Å². The summed E-state index contributed by atoms with van der Waals surface area (Å²) < 4.78 is 4.80. The molecule has 70 heavy (non-hydrogen) atoms. The average Bonchev–Trinajstić information content (AvgIpc) is 3.94. The lowest BCUT2D eigenvalue weighted by molar-refractivity contribution is 1.18.